The molecule has 1 aliphatic rings. The largest absolute Gasteiger partial charge is 0.497 e. The molecule has 2 aromatic rings. The van der Waals surface area contributed by atoms with Crippen LogP contribution in [0.4, 0.5) is 36.8 Å². The van der Waals surface area contributed by atoms with Gasteiger partial charge >= 0.3 is 36.4 Å². The molecule has 24 N–H and O–H groups in total. The molecule has 0 spiro atoms. The average molecular weight is 1650 g/mol. The molecule has 0 unspecified atom stereocenters. The number of halogens is 6. The van der Waals surface area contributed by atoms with Gasteiger partial charge in [-0.25, -0.2) is 19.2 Å². The van der Waals surface area contributed by atoms with Gasteiger partial charge in [0.1, 0.15) is 60.7 Å². The number of aliphatic hydroxyl groups is 3. The zero-order chi connectivity index (χ0) is 88.3. The average Bonchev–Trinajstić information content (AvgIpc) is 0.808. The number of nitrogens with one attached hydrogen (secondary N) is 11. The molecule has 45 heteroatoms. The molecular weight excluding hydrogens is 1550 g/mol. The van der Waals surface area contributed by atoms with Crippen LogP contribution in [0.1, 0.15) is 126 Å². The number of primary amides is 1. The van der Waals surface area contributed by atoms with Crippen molar-refractivity contribution >= 4 is 101 Å². The predicted octanol–water partition coefficient (Wildman–Crippen LogP) is -1.90. The van der Waals surface area contributed by atoms with Crippen LogP contribution < -0.4 is 86.2 Å². The number of cyclic esters (lactones) is 1. The van der Waals surface area contributed by atoms with Gasteiger partial charge in [-0.3, -0.25) is 63.0 Å². The van der Waals surface area contributed by atoms with Crippen LogP contribution in [0.15, 0.2) is 59.6 Å². The van der Waals surface area contributed by atoms with Crippen LogP contribution in [-0.2, 0) is 76.6 Å². The Kier molecular flexibility index (Phi) is 43.2. The first-order chi connectivity index (χ1) is 53.3. The molecule has 1 fully saturated rings. The van der Waals surface area contributed by atoms with E-state index in [2.05, 4.69) is 58.2 Å². The van der Waals surface area contributed by atoms with Crippen molar-refractivity contribution < 1.29 is 138 Å². The summed E-state index contributed by atoms with van der Waals surface area (Å²) in [6, 6.07) is -5.49. The molecule has 1 heterocycles. The van der Waals surface area contributed by atoms with Crippen LogP contribution in [0.3, 0.4) is 0 Å². The molecule has 646 valence electrons. The molecule has 39 nitrogen and oxygen atoms in total. The monoisotopic (exact) mass is 1650 g/mol. The number of aliphatic imine (C=N–C) groups is 1. The van der Waals surface area contributed by atoms with Crippen LogP contribution in [0.25, 0.3) is 0 Å². The van der Waals surface area contributed by atoms with E-state index < -0.39 is 217 Å². The second kappa shape index (κ2) is 48.8. The molecule has 0 saturated carbocycles. The quantitative estimate of drug-likeness (QED) is 0.0161. The van der Waals surface area contributed by atoms with Gasteiger partial charge in [0.2, 0.25) is 65.0 Å². The third-order valence-corrected chi connectivity index (χ3v) is 16.4. The number of carbonyl (C=O) groups is 15. The molecule has 3 rings (SSSR count). The molecule has 0 radical (unpaired) electrons. The Morgan fingerprint density at radius 1 is 0.626 bits per heavy atom. The lowest BCUT2D eigenvalue weighted by Crippen LogP contribution is -2.64. The van der Waals surface area contributed by atoms with Gasteiger partial charge < -0.3 is 116 Å². The van der Waals surface area contributed by atoms with E-state index in [9.17, 15) is 84.8 Å². The number of esters is 1. The van der Waals surface area contributed by atoms with Crippen molar-refractivity contribution in [1.29, 1.82) is 0 Å². The van der Waals surface area contributed by atoms with E-state index in [4.69, 9.17) is 56.9 Å². The number of rotatable bonds is 26. The number of hydrogen-bond acceptors (Lipinski definition) is 23. The maximum absolute atomic E-state index is 15.7. The number of methoxy groups -OCH3 is 1. The van der Waals surface area contributed by atoms with Crippen LogP contribution in [0.5, 0.6) is 5.75 Å². The van der Waals surface area contributed by atoms with Crippen LogP contribution in [-0.4, -0.2) is 238 Å². The number of carboxylic acid groups (broad SMARTS) is 2. The first kappa shape index (κ1) is 102. The van der Waals surface area contributed by atoms with Crippen molar-refractivity contribution in [2.75, 3.05) is 32.1 Å². The Hall–Kier alpha value is -11.2. The number of benzene rings is 2. The Labute approximate surface area is 657 Å². The van der Waals surface area contributed by atoms with E-state index in [1.807, 2.05) is 19.2 Å². The maximum Gasteiger partial charge on any atom is 0.490 e. The van der Waals surface area contributed by atoms with Crippen molar-refractivity contribution in [2.24, 2.45) is 57.5 Å². The standard InChI is InChI=1S/C66H104N16O19.2C2HF3O2/c1-13-35(10)46-60(93)80-47(36(11)83)59(92)72-29-45(84)78-49(52(86)54(68)87)62(95)77-44(30-100-66(98)73-38-21-17-22-39(28-38)99-12)64(97)101-53(37-19-15-14-16-20-37)50(82-58(91)43(27-33(6)7)75-55(88)40(67)25-31(2)3)63(96)81-48(51(85)34(8)9)61(94)76-42(26-32(4)5)57(90)74-41(56(89)79-46)23-18-24-71-65(69)70;2*3-2(4,5)1(6)7/h14-17,19-22,28,31-36,40-44,46-53,83,85-86H,13,18,23-27,29-30,67H2,1-12H3,(H2,68,87)(H,72,92)(H,73,98)(H,74,90)(H,75,88)(H,76,94)(H,77,95)(H,78,84)(H,79,89)(H,80,93)(H,81,96)(H,82,91)(H4,69,70,71);2*(H,6,7)/t35-,36-,40+,41+,42-,43-,44-,46-,47-,48-,49-,50-,51+,52-,53+;;/m0../s1. The first-order valence-corrected chi connectivity index (χ1v) is 35.9. The van der Waals surface area contributed by atoms with Crippen LogP contribution in [0.2, 0.25) is 0 Å². The number of guanidine groups is 1. The normalized spacial score (nSPS) is 21.7. The van der Waals surface area contributed by atoms with Gasteiger partial charge in [-0.05, 0) is 86.3 Å². The van der Waals surface area contributed by atoms with Crippen LogP contribution >= 0.6 is 0 Å². The Morgan fingerprint density at radius 2 is 1.15 bits per heavy atom. The third-order valence-electron chi connectivity index (χ3n) is 16.4. The fraction of sp³-hybridized carbons (Fsp3) is 0.600. The summed E-state index contributed by atoms with van der Waals surface area (Å²) in [4.78, 5) is 209. The molecule has 15 atom stereocenters. The lowest BCUT2D eigenvalue weighted by atomic mass is 9.95. The first-order valence-electron chi connectivity index (χ1n) is 35.9. The lowest BCUT2D eigenvalue weighted by molar-refractivity contribution is -0.193. The molecule has 0 aliphatic carbocycles. The molecule has 0 aromatic heterocycles. The summed E-state index contributed by atoms with van der Waals surface area (Å²) in [5.41, 5.74) is 22.9. The summed E-state index contributed by atoms with van der Waals surface area (Å²) in [5.74, 6) is -23.0. The highest BCUT2D eigenvalue weighted by Crippen LogP contribution is 2.26. The molecule has 115 heavy (non-hydrogen) atoms. The number of hydrogen-bond donors (Lipinski definition) is 20. The Morgan fingerprint density at radius 3 is 1.65 bits per heavy atom. The van der Waals surface area contributed by atoms with Gasteiger partial charge in [0.15, 0.2) is 24.2 Å². The van der Waals surface area contributed by atoms with E-state index >= 15 is 19.2 Å². The van der Waals surface area contributed by atoms with Gasteiger partial charge in [0.05, 0.1) is 31.9 Å². The molecule has 2 aromatic carbocycles. The second-order valence-corrected chi connectivity index (χ2v) is 27.9. The number of carboxylic acids is 2. The Balaban J connectivity index is 0.00000429. The fourth-order valence-electron chi connectivity index (χ4n) is 10.3. The van der Waals surface area contributed by atoms with E-state index in [1.54, 1.807) is 47.6 Å². The molecular formula is C70H106F6N16O23. The molecule has 1 aliphatic heterocycles. The number of ether oxygens (including phenoxy) is 3. The minimum Gasteiger partial charge on any atom is -0.497 e. The minimum absolute atomic E-state index is 0.0288. The predicted molar refractivity (Wildman–Crippen MR) is 394 cm³/mol. The fourth-order valence-corrected chi connectivity index (χ4v) is 10.3. The zero-order valence-corrected chi connectivity index (χ0v) is 65.1. The zero-order valence-electron chi connectivity index (χ0n) is 65.1. The van der Waals surface area contributed by atoms with Gasteiger partial charge in [-0.15, -0.1) is 0 Å². The maximum atomic E-state index is 15.7. The number of aliphatic hydroxyl groups excluding tert-OH is 3. The van der Waals surface area contributed by atoms with Gasteiger partial charge in [-0.1, -0.05) is 112 Å². The summed E-state index contributed by atoms with van der Waals surface area (Å²) < 4.78 is 80.3. The topological polar surface area (TPSA) is 634 Å². The van der Waals surface area contributed by atoms with E-state index in [-0.39, 0.29) is 79.9 Å². The smallest absolute Gasteiger partial charge is 0.490 e. The minimum atomic E-state index is -5.08. The van der Waals surface area contributed by atoms with Crippen LogP contribution in [0, 0.1) is 29.6 Å². The van der Waals surface area contributed by atoms with Crippen molar-refractivity contribution in [3.8, 4) is 5.75 Å². The number of carbonyl (C=O) groups excluding carboxylic acids is 13. The summed E-state index contributed by atoms with van der Waals surface area (Å²) in [6.45, 7) is 15.3. The molecule has 0 bridgehead atoms. The molecule has 12 amide bonds. The Bertz CT molecular complexity index is 3630. The summed E-state index contributed by atoms with van der Waals surface area (Å²) >= 11 is 0. The SMILES string of the molecule is CC[C@H](C)[C@@H]1NC(=O)[C@@H](CCCN=C(N)N)NC(=O)[C@H](CC(C)C)NC(=O)[C@H]([C@H](O)C(C)C)NC(=O)[C@@H](NC(=O)[C@H](CC(C)C)NC(=O)[C@H](N)CC(C)C)[C@@H](c2ccccc2)OC(=O)[C@H](COC(=O)Nc2cccc(OC)c2)NC(=O)[C@H]([C@H](O)C(N)=O)NC(=O)CNC(=O)[C@H]([C@H](C)O)NC1=O.O=C(O)C(F)(F)F.O=C(O)C(F)(F)F. The third kappa shape index (κ3) is 37.1. The molecule has 1 saturated heterocycles. The van der Waals surface area contributed by atoms with Gasteiger partial charge in [-0.2, -0.15) is 26.3 Å². The van der Waals surface area contributed by atoms with Crippen molar-refractivity contribution in [1.82, 2.24) is 53.2 Å². The number of amides is 12. The highest BCUT2D eigenvalue weighted by atomic mass is 19.4. The lowest BCUT2D eigenvalue weighted by Gasteiger charge is -2.34. The summed E-state index contributed by atoms with van der Waals surface area (Å²) in [7, 11) is 1.35. The summed E-state index contributed by atoms with van der Waals surface area (Å²) in [6.07, 6.45) is -19.9. The second-order valence-electron chi connectivity index (χ2n) is 27.9. The van der Waals surface area contributed by atoms with E-state index in [0.717, 1.165) is 6.92 Å². The van der Waals surface area contributed by atoms with E-state index in [0.29, 0.717) is 0 Å². The number of nitrogens with zero attached hydrogens (tertiary/aromatic N) is 1. The van der Waals surface area contributed by atoms with Crippen molar-refractivity contribution in [3.63, 3.8) is 0 Å². The summed E-state index contributed by atoms with van der Waals surface area (Å²) in [5, 5.41) is 74.9. The highest BCUT2D eigenvalue weighted by molar-refractivity contribution is 6.00. The number of alkyl halides is 6. The van der Waals surface area contributed by atoms with E-state index in [1.165, 1.54) is 69.5 Å². The number of nitrogens with two attached hydrogens (primary N) is 4. The highest BCUT2D eigenvalue weighted by Gasteiger charge is 2.45. The number of aliphatic carboxylic acids is 2. The number of anilines is 1. The van der Waals surface area contributed by atoms with Crippen molar-refractivity contribution in [3.05, 3.63) is 60.2 Å². The van der Waals surface area contributed by atoms with Gasteiger partial charge in [0, 0.05) is 18.3 Å². The van der Waals surface area contributed by atoms with Gasteiger partial charge in [0.25, 0.3) is 0 Å². The van der Waals surface area contributed by atoms with Crippen molar-refractivity contribution in [2.45, 2.75) is 212 Å².